The number of carbonyl (C=O) groups excluding carboxylic acids is 1. The van der Waals surface area contributed by atoms with E-state index in [1.807, 2.05) is 13.8 Å². The Bertz CT molecular complexity index is 685. The number of hydrogen-bond acceptors (Lipinski definition) is 3. The molecule has 1 heterocycles. The van der Waals surface area contributed by atoms with E-state index in [1.165, 1.54) is 11.3 Å². The number of thiazole rings is 1. The molecule has 21 heavy (non-hydrogen) atoms. The third-order valence-electron chi connectivity index (χ3n) is 2.92. The van der Waals surface area contributed by atoms with Crippen molar-refractivity contribution in [2.24, 2.45) is 0 Å². The van der Waals surface area contributed by atoms with Crippen LogP contribution in [0.1, 0.15) is 25.9 Å². The van der Waals surface area contributed by atoms with Gasteiger partial charge in [-0.2, -0.15) is 0 Å². The van der Waals surface area contributed by atoms with Crippen LogP contribution in [0.2, 0.25) is 0 Å². The van der Waals surface area contributed by atoms with Gasteiger partial charge in [0, 0.05) is 17.8 Å². The molecule has 7 heteroatoms. The van der Waals surface area contributed by atoms with Gasteiger partial charge in [0.05, 0.1) is 16.3 Å². The van der Waals surface area contributed by atoms with Gasteiger partial charge in [0.15, 0.2) is 17.5 Å². The van der Waals surface area contributed by atoms with Crippen LogP contribution in [0.25, 0.3) is 0 Å². The van der Waals surface area contributed by atoms with Crippen molar-refractivity contribution in [2.75, 3.05) is 6.54 Å². The van der Waals surface area contributed by atoms with Gasteiger partial charge < -0.3 is 5.32 Å². The summed E-state index contributed by atoms with van der Waals surface area (Å²) in [5.74, 6) is -5.21. The lowest BCUT2D eigenvalue weighted by atomic mass is 10.2. The molecule has 0 radical (unpaired) electrons. The first-order valence-corrected chi connectivity index (χ1v) is 7.06. The number of aromatic nitrogens is 1. The molecule has 0 saturated heterocycles. The van der Waals surface area contributed by atoms with Crippen molar-refractivity contribution in [3.63, 3.8) is 0 Å². The number of aryl methyl sites for hydroxylation is 2. The van der Waals surface area contributed by atoms with Crippen molar-refractivity contribution < 1.29 is 18.0 Å². The third-order valence-corrected chi connectivity index (χ3v) is 4.05. The topological polar surface area (TPSA) is 42.0 Å². The van der Waals surface area contributed by atoms with Crippen molar-refractivity contribution >= 4 is 17.2 Å². The summed E-state index contributed by atoms with van der Waals surface area (Å²) in [5.41, 5.74) is 0.386. The standard InChI is InChI=1S/C14H13F3N2OS/c1-7-11(21-8(2)19-7)5-6-18-14(20)9-3-4-10(15)13(17)12(9)16/h3-4H,5-6H2,1-2H3,(H,18,20). The number of benzene rings is 1. The molecular weight excluding hydrogens is 301 g/mol. The lowest BCUT2D eigenvalue weighted by Gasteiger charge is -2.06. The first-order valence-electron chi connectivity index (χ1n) is 6.24. The minimum atomic E-state index is -1.64. The zero-order chi connectivity index (χ0) is 15.6. The SMILES string of the molecule is Cc1nc(C)c(CCNC(=O)c2ccc(F)c(F)c2F)s1. The van der Waals surface area contributed by atoms with E-state index in [0.717, 1.165) is 27.7 Å². The van der Waals surface area contributed by atoms with Crippen LogP contribution in [-0.4, -0.2) is 17.4 Å². The van der Waals surface area contributed by atoms with Crippen LogP contribution in [0.5, 0.6) is 0 Å². The van der Waals surface area contributed by atoms with Crippen LogP contribution in [0, 0.1) is 31.3 Å². The smallest absolute Gasteiger partial charge is 0.254 e. The van der Waals surface area contributed by atoms with E-state index in [1.54, 1.807) is 0 Å². The lowest BCUT2D eigenvalue weighted by molar-refractivity contribution is 0.0949. The molecule has 0 bridgehead atoms. The van der Waals surface area contributed by atoms with E-state index in [9.17, 15) is 18.0 Å². The van der Waals surface area contributed by atoms with E-state index < -0.39 is 28.9 Å². The molecule has 1 aromatic carbocycles. The average molecular weight is 314 g/mol. The van der Waals surface area contributed by atoms with E-state index >= 15 is 0 Å². The van der Waals surface area contributed by atoms with Crippen molar-refractivity contribution in [1.29, 1.82) is 0 Å². The number of nitrogens with one attached hydrogen (secondary N) is 1. The summed E-state index contributed by atoms with van der Waals surface area (Å²) in [6.07, 6.45) is 0.550. The average Bonchev–Trinajstić information content (AvgIpc) is 2.74. The van der Waals surface area contributed by atoms with Crippen LogP contribution in [-0.2, 0) is 6.42 Å². The van der Waals surface area contributed by atoms with Gasteiger partial charge in [-0.3, -0.25) is 4.79 Å². The summed E-state index contributed by atoms with van der Waals surface area (Å²) < 4.78 is 39.3. The molecule has 0 spiro atoms. The Morgan fingerprint density at radius 1 is 1.24 bits per heavy atom. The predicted molar refractivity (Wildman–Crippen MR) is 73.9 cm³/mol. The molecule has 2 rings (SSSR count). The number of halogens is 3. The largest absolute Gasteiger partial charge is 0.352 e. The zero-order valence-corrected chi connectivity index (χ0v) is 12.3. The Hall–Kier alpha value is -1.89. The number of hydrogen-bond donors (Lipinski definition) is 1. The molecule has 1 N–H and O–H groups in total. The maximum absolute atomic E-state index is 13.4. The second-order valence-electron chi connectivity index (χ2n) is 4.47. The highest BCUT2D eigenvalue weighted by atomic mass is 32.1. The number of carbonyl (C=O) groups is 1. The van der Waals surface area contributed by atoms with Gasteiger partial charge in [0.25, 0.3) is 5.91 Å². The second-order valence-corrected chi connectivity index (χ2v) is 5.76. The van der Waals surface area contributed by atoms with Crippen LogP contribution in [0.3, 0.4) is 0 Å². The monoisotopic (exact) mass is 314 g/mol. The molecule has 0 atom stereocenters. The Kier molecular flexibility index (Phi) is 4.62. The number of nitrogens with zero attached hydrogens (tertiary/aromatic N) is 1. The van der Waals surface area contributed by atoms with Gasteiger partial charge >= 0.3 is 0 Å². The van der Waals surface area contributed by atoms with Crippen LogP contribution in [0.4, 0.5) is 13.2 Å². The minimum Gasteiger partial charge on any atom is -0.352 e. The molecule has 1 aromatic heterocycles. The van der Waals surface area contributed by atoms with Gasteiger partial charge in [-0.15, -0.1) is 11.3 Å². The summed E-state index contributed by atoms with van der Waals surface area (Å²) in [7, 11) is 0. The Morgan fingerprint density at radius 3 is 2.57 bits per heavy atom. The molecule has 0 aliphatic heterocycles. The Balaban J connectivity index is 1.99. The van der Waals surface area contributed by atoms with Gasteiger partial charge in [-0.05, 0) is 26.0 Å². The van der Waals surface area contributed by atoms with Crippen molar-refractivity contribution in [1.82, 2.24) is 10.3 Å². The third kappa shape index (κ3) is 3.41. The summed E-state index contributed by atoms with van der Waals surface area (Å²) in [5, 5.41) is 3.41. The van der Waals surface area contributed by atoms with Gasteiger partial charge in [0.1, 0.15) is 0 Å². The fourth-order valence-electron chi connectivity index (χ4n) is 1.89. The van der Waals surface area contributed by atoms with E-state index in [2.05, 4.69) is 10.3 Å². The summed E-state index contributed by atoms with van der Waals surface area (Å²) in [4.78, 5) is 17.0. The Morgan fingerprint density at radius 2 is 1.95 bits per heavy atom. The molecule has 0 aliphatic carbocycles. The zero-order valence-electron chi connectivity index (χ0n) is 11.5. The molecule has 2 aromatic rings. The summed E-state index contributed by atoms with van der Waals surface area (Å²) in [6.45, 7) is 4.02. The first kappa shape index (κ1) is 15.5. The molecule has 0 fully saturated rings. The molecule has 0 unspecified atom stereocenters. The van der Waals surface area contributed by atoms with Crippen LogP contribution < -0.4 is 5.32 Å². The van der Waals surface area contributed by atoms with Crippen LogP contribution in [0.15, 0.2) is 12.1 Å². The number of amides is 1. The highest BCUT2D eigenvalue weighted by Crippen LogP contribution is 2.18. The quantitative estimate of drug-likeness (QED) is 0.881. The second kappa shape index (κ2) is 6.26. The van der Waals surface area contributed by atoms with Crippen molar-refractivity contribution in [2.45, 2.75) is 20.3 Å². The highest BCUT2D eigenvalue weighted by molar-refractivity contribution is 7.11. The van der Waals surface area contributed by atoms with E-state index in [0.29, 0.717) is 6.42 Å². The highest BCUT2D eigenvalue weighted by Gasteiger charge is 2.18. The van der Waals surface area contributed by atoms with Gasteiger partial charge in [-0.25, -0.2) is 18.2 Å². The van der Waals surface area contributed by atoms with Crippen LogP contribution >= 0.6 is 11.3 Å². The molecular formula is C14H13F3N2OS. The molecule has 0 saturated carbocycles. The normalized spacial score (nSPS) is 10.7. The molecule has 112 valence electrons. The van der Waals surface area contributed by atoms with Crippen molar-refractivity contribution in [3.8, 4) is 0 Å². The number of rotatable bonds is 4. The fourth-order valence-corrected chi connectivity index (χ4v) is 2.83. The lowest BCUT2D eigenvalue weighted by Crippen LogP contribution is -2.27. The van der Waals surface area contributed by atoms with Gasteiger partial charge in [0.2, 0.25) is 0 Å². The summed E-state index contributed by atoms with van der Waals surface area (Å²) >= 11 is 1.52. The first-order chi connectivity index (χ1) is 9.90. The predicted octanol–water partition coefficient (Wildman–Crippen LogP) is 3.15. The molecule has 3 nitrogen and oxygen atoms in total. The molecule has 0 aliphatic rings. The summed E-state index contributed by atoms with van der Waals surface area (Å²) in [6, 6.07) is 1.65. The minimum absolute atomic E-state index is 0.264. The maximum atomic E-state index is 13.4. The fraction of sp³-hybridized carbons (Fsp3) is 0.286. The van der Waals surface area contributed by atoms with Crippen molar-refractivity contribution in [3.05, 3.63) is 50.7 Å². The Labute approximate surface area is 123 Å². The maximum Gasteiger partial charge on any atom is 0.254 e. The van der Waals surface area contributed by atoms with Gasteiger partial charge in [-0.1, -0.05) is 0 Å². The van der Waals surface area contributed by atoms with E-state index in [4.69, 9.17) is 0 Å². The van der Waals surface area contributed by atoms with E-state index in [-0.39, 0.29) is 6.54 Å². The molecule has 1 amide bonds.